The summed E-state index contributed by atoms with van der Waals surface area (Å²) in [5.41, 5.74) is 1.01. The fourth-order valence-corrected chi connectivity index (χ4v) is 2.38. The smallest absolute Gasteiger partial charge is 0.224 e. The van der Waals surface area contributed by atoms with Gasteiger partial charge in [0.15, 0.2) is 5.78 Å². The summed E-state index contributed by atoms with van der Waals surface area (Å²) >= 11 is 3.24. The molecule has 0 aromatic heterocycles. The van der Waals surface area contributed by atoms with Gasteiger partial charge >= 0.3 is 0 Å². The van der Waals surface area contributed by atoms with Crippen LogP contribution in [-0.2, 0) is 4.79 Å². The first-order chi connectivity index (χ1) is 11.5. The normalized spacial score (nSPS) is 10.2. The van der Waals surface area contributed by atoms with Crippen molar-refractivity contribution in [1.82, 2.24) is 0 Å². The summed E-state index contributed by atoms with van der Waals surface area (Å²) in [4.78, 5) is 23.0. The number of amides is 1. The van der Waals surface area contributed by atoms with Crippen LogP contribution >= 0.6 is 15.9 Å². The van der Waals surface area contributed by atoms with E-state index in [1.807, 2.05) is 0 Å². The molecule has 1 amide bonds. The van der Waals surface area contributed by atoms with Crippen molar-refractivity contribution in [3.05, 3.63) is 52.5 Å². The van der Waals surface area contributed by atoms with Gasteiger partial charge in [-0.15, -0.1) is 0 Å². The highest BCUT2D eigenvalue weighted by atomic mass is 79.9. The number of nitrogens with one attached hydrogen (secondary N) is 1. The molecule has 2 aromatic carbocycles. The van der Waals surface area contributed by atoms with E-state index in [9.17, 15) is 14.7 Å². The minimum Gasteiger partial charge on any atom is -0.506 e. The van der Waals surface area contributed by atoms with Crippen LogP contribution in [0.25, 0.3) is 0 Å². The fraction of sp³-hybridized carbons (Fsp3) is 0.222. The molecule has 0 unspecified atom stereocenters. The van der Waals surface area contributed by atoms with Crippen LogP contribution in [0.5, 0.6) is 11.5 Å². The van der Waals surface area contributed by atoms with Crippen LogP contribution in [0.4, 0.5) is 5.69 Å². The molecule has 0 radical (unpaired) electrons. The molecule has 2 aromatic rings. The number of phenolic OH excluding ortho intramolecular Hbond substituents is 1. The Kier molecular flexibility index (Phi) is 6.37. The number of aromatic hydroxyl groups is 1. The van der Waals surface area contributed by atoms with Crippen molar-refractivity contribution in [1.29, 1.82) is 0 Å². The maximum atomic E-state index is 11.9. The molecule has 0 atom stereocenters. The third kappa shape index (κ3) is 5.38. The molecule has 0 fully saturated rings. The molecule has 126 valence electrons. The Bertz CT molecular complexity index is 728. The Morgan fingerprint density at radius 2 is 1.88 bits per heavy atom. The zero-order valence-corrected chi connectivity index (χ0v) is 14.8. The second kappa shape index (κ2) is 8.49. The van der Waals surface area contributed by atoms with E-state index in [0.717, 1.165) is 4.47 Å². The molecule has 0 heterocycles. The monoisotopic (exact) mass is 391 g/mol. The standard InChI is InChI=1S/C18H18BrNO4/c1-12(21)13-4-7-15(8-5-13)24-10-2-3-18(23)20-16-9-6-14(19)11-17(16)22/h4-9,11,22H,2-3,10H2,1H3,(H,20,23). The minimum absolute atomic E-state index is 0.00872. The average molecular weight is 392 g/mol. The summed E-state index contributed by atoms with van der Waals surface area (Å²) in [6.07, 6.45) is 0.818. The molecule has 0 aliphatic rings. The number of benzene rings is 2. The lowest BCUT2D eigenvalue weighted by atomic mass is 10.1. The van der Waals surface area contributed by atoms with Crippen molar-refractivity contribution in [2.24, 2.45) is 0 Å². The van der Waals surface area contributed by atoms with Gasteiger partial charge in [-0.3, -0.25) is 9.59 Å². The maximum Gasteiger partial charge on any atom is 0.224 e. The van der Waals surface area contributed by atoms with E-state index in [4.69, 9.17) is 4.74 Å². The summed E-state index contributed by atoms with van der Waals surface area (Å²) in [5.74, 6) is 0.489. The first kappa shape index (κ1) is 18.0. The number of ether oxygens (including phenoxy) is 1. The average Bonchev–Trinajstić information content (AvgIpc) is 2.55. The number of phenols is 1. The number of carbonyl (C=O) groups is 2. The van der Waals surface area contributed by atoms with Crippen molar-refractivity contribution in [3.63, 3.8) is 0 Å². The van der Waals surface area contributed by atoms with Crippen LogP contribution in [0.3, 0.4) is 0 Å². The van der Waals surface area contributed by atoms with E-state index in [1.54, 1.807) is 36.4 Å². The summed E-state index contributed by atoms with van der Waals surface area (Å²) in [5, 5.41) is 12.4. The van der Waals surface area contributed by atoms with Crippen LogP contribution < -0.4 is 10.1 Å². The number of halogens is 1. The minimum atomic E-state index is -0.192. The summed E-state index contributed by atoms with van der Waals surface area (Å²) in [7, 11) is 0. The fourth-order valence-electron chi connectivity index (χ4n) is 2.03. The predicted molar refractivity (Wildman–Crippen MR) is 95.6 cm³/mol. The van der Waals surface area contributed by atoms with Crippen molar-refractivity contribution in [3.8, 4) is 11.5 Å². The van der Waals surface area contributed by atoms with E-state index in [-0.39, 0.29) is 23.9 Å². The lowest BCUT2D eigenvalue weighted by Crippen LogP contribution is -2.13. The Hall–Kier alpha value is -2.34. The number of hydrogen-bond donors (Lipinski definition) is 2. The Labute approximate surface area is 148 Å². The van der Waals surface area contributed by atoms with Gasteiger partial charge in [0.05, 0.1) is 12.3 Å². The Balaban J connectivity index is 1.73. The van der Waals surface area contributed by atoms with Gasteiger partial charge in [0.1, 0.15) is 11.5 Å². The molecule has 0 saturated carbocycles. The predicted octanol–water partition coefficient (Wildman–Crippen LogP) is 4.16. The molecule has 2 rings (SSSR count). The Morgan fingerprint density at radius 1 is 1.17 bits per heavy atom. The second-order valence-corrected chi connectivity index (χ2v) is 6.16. The van der Waals surface area contributed by atoms with Gasteiger partial charge in [-0.05, 0) is 55.8 Å². The van der Waals surface area contributed by atoms with Crippen molar-refractivity contribution >= 4 is 33.3 Å². The first-order valence-corrected chi connectivity index (χ1v) is 8.27. The van der Waals surface area contributed by atoms with E-state index in [1.165, 1.54) is 13.0 Å². The topological polar surface area (TPSA) is 75.6 Å². The number of carbonyl (C=O) groups excluding carboxylic acids is 2. The largest absolute Gasteiger partial charge is 0.506 e. The van der Waals surface area contributed by atoms with E-state index >= 15 is 0 Å². The van der Waals surface area contributed by atoms with Gasteiger partial charge in [-0.25, -0.2) is 0 Å². The molecule has 0 spiro atoms. The molecule has 0 saturated heterocycles. The van der Waals surface area contributed by atoms with Crippen LogP contribution in [0, 0.1) is 0 Å². The molecule has 0 aliphatic heterocycles. The van der Waals surface area contributed by atoms with Gasteiger partial charge in [-0.2, -0.15) is 0 Å². The molecular formula is C18H18BrNO4. The molecule has 6 heteroatoms. The highest BCUT2D eigenvalue weighted by Crippen LogP contribution is 2.26. The van der Waals surface area contributed by atoms with Crippen molar-refractivity contribution in [2.45, 2.75) is 19.8 Å². The van der Waals surface area contributed by atoms with E-state index in [2.05, 4.69) is 21.2 Å². The summed E-state index contributed by atoms with van der Waals surface area (Å²) in [6.45, 7) is 1.90. The number of Topliss-reactive ketones (excluding diaryl/α,β-unsaturated/α-hetero) is 1. The first-order valence-electron chi connectivity index (χ1n) is 7.48. The quantitative estimate of drug-likeness (QED) is 0.422. The SMILES string of the molecule is CC(=O)c1ccc(OCCCC(=O)Nc2ccc(Br)cc2O)cc1. The zero-order valence-electron chi connectivity index (χ0n) is 13.2. The third-order valence-corrected chi connectivity index (χ3v) is 3.80. The van der Waals surface area contributed by atoms with Gasteiger partial charge in [0, 0.05) is 16.5 Å². The van der Waals surface area contributed by atoms with Crippen LogP contribution in [-0.4, -0.2) is 23.4 Å². The van der Waals surface area contributed by atoms with Gasteiger partial charge in [-0.1, -0.05) is 15.9 Å². The molecule has 0 aliphatic carbocycles. The summed E-state index contributed by atoms with van der Waals surface area (Å²) < 4.78 is 6.27. The number of hydrogen-bond acceptors (Lipinski definition) is 4. The molecule has 24 heavy (non-hydrogen) atoms. The van der Waals surface area contributed by atoms with Gasteiger partial charge in [0.2, 0.25) is 5.91 Å². The zero-order chi connectivity index (χ0) is 17.5. The third-order valence-electron chi connectivity index (χ3n) is 3.31. The lowest BCUT2D eigenvalue weighted by Gasteiger charge is -2.09. The van der Waals surface area contributed by atoms with Crippen molar-refractivity contribution in [2.75, 3.05) is 11.9 Å². The van der Waals surface area contributed by atoms with Gasteiger partial charge < -0.3 is 15.2 Å². The molecule has 2 N–H and O–H groups in total. The number of anilines is 1. The van der Waals surface area contributed by atoms with E-state index < -0.39 is 0 Å². The molecule has 0 bridgehead atoms. The molecule has 5 nitrogen and oxygen atoms in total. The maximum absolute atomic E-state index is 11.9. The van der Waals surface area contributed by atoms with Crippen LogP contribution in [0.15, 0.2) is 46.9 Å². The lowest BCUT2D eigenvalue weighted by molar-refractivity contribution is -0.116. The molecular weight excluding hydrogens is 374 g/mol. The number of rotatable bonds is 7. The number of ketones is 1. The van der Waals surface area contributed by atoms with Crippen LogP contribution in [0.2, 0.25) is 0 Å². The van der Waals surface area contributed by atoms with E-state index in [0.29, 0.717) is 30.0 Å². The highest BCUT2D eigenvalue weighted by Gasteiger charge is 2.07. The Morgan fingerprint density at radius 3 is 2.50 bits per heavy atom. The second-order valence-electron chi connectivity index (χ2n) is 5.24. The van der Waals surface area contributed by atoms with Crippen molar-refractivity contribution < 1.29 is 19.4 Å². The van der Waals surface area contributed by atoms with Crippen LogP contribution in [0.1, 0.15) is 30.1 Å². The van der Waals surface area contributed by atoms with Gasteiger partial charge in [0.25, 0.3) is 0 Å². The summed E-state index contributed by atoms with van der Waals surface area (Å²) in [6, 6.07) is 11.8. The highest BCUT2D eigenvalue weighted by molar-refractivity contribution is 9.10.